The van der Waals surface area contributed by atoms with E-state index in [1.54, 1.807) is 0 Å². The van der Waals surface area contributed by atoms with Crippen LogP contribution >= 0.6 is 0 Å². The molecular formula is C13H16N2O4. The molecule has 0 atom stereocenters. The molecule has 0 aliphatic heterocycles. The Morgan fingerprint density at radius 3 is 2.58 bits per heavy atom. The number of para-hydroxylation sites is 1. The van der Waals surface area contributed by atoms with Crippen molar-refractivity contribution in [3.8, 4) is 0 Å². The zero-order valence-corrected chi connectivity index (χ0v) is 10.5. The average molecular weight is 264 g/mol. The van der Waals surface area contributed by atoms with Crippen LogP contribution in [0.1, 0.15) is 42.5 Å². The minimum absolute atomic E-state index is 0.0419. The number of carboxylic acid groups (broad SMARTS) is 1. The topological polar surface area (TPSA) is 92.5 Å². The highest BCUT2D eigenvalue weighted by Gasteiger charge is 2.24. The molecule has 2 N–H and O–H groups in total. The molecule has 0 radical (unpaired) electrons. The molecule has 1 aliphatic carbocycles. The first-order valence-corrected chi connectivity index (χ1v) is 6.37. The summed E-state index contributed by atoms with van der Waals surface area (Å²) >= 11 is 0. The zero-order valence-electron chi connectivity index (χ0n) is 10.5. The van der Waals surface area contributed by atoms with Crippen LogP contribution in [0.5, 0.6) is 0 Å². The van der Waals surface area contributed by atoms with Gasteiger partial charge in [-0.1, -0.05) is 25.3 Å². The van der Waals surface area contributed by atoms with E-state index in [1.807, 2.05) is 0 Å². The van der Waals surface area contributed by atoms with Crippen molar-refractivity contribution in [1.82, 2.24) is 0 Å². The molecule has 0 saturated heterocycles. The van der Waals surface area contributed by atoms with Crippen LogP contribution in [0.25, 0.3) is 0 Å². The molecule has 0 bridgehead atoms. The average Bonchev–Trinajstić information content (AvgIpc) is 2.39. The van der Waals surface area contributed by atoms with Crippen LogP contribution in [0.2, 0.25) is 0 Å². The molecule has 2 rings (SSSR count). The van der Waals surface area contributed by atoms with Crippen LogP contribution in [0.15, 0.2) is 18.2 Å². The number of carbonyl (C=O) groups is 1. The molecule has 0 amide bonds. The lowest BCUT2D eigenvalue weighted by atomic mass is 9.95. The fraction of sp³-hybridized carbons (Fsp3) is 0.462. The van der Waals surface area contributed by atoms with Gasteiger partial charge < -0.3 is 10.4 Å². The predicted molar refractivity (Wildman–Crippen MR) is 70.6 cm³/mol. The van der Waals surface area contributed by atoms with Crippen molar-refractivity contribution in [2.24, 2.45) is 0 Å². The minimum atomic E-state index is -1.15. The number of carboxylic acids is 1. The van der Waals surface area contributed by atoms with Gasteiger partial charge in [0.1, 0.15) is 5.69 Å². The van der Waals surface area contributed by atoms with E-state index in [0.717, 1.165) is 25.7 Å². The van der Waals surface area contributed by atoms with E-state index < -0.39 is 10.9 Å². The Hall–Kier alpha value is -2.11. The number of anilines is 1. The summed E-state index contributed by atoms with van der Waals surface area (Å²) in [7, 11) is 0. The molecular weight excluding hydrogens is 248 g/mol. The Kier molecular flexibility index (Phi) is 3.99. The normalized spacial score (nSPS) is 16.0. The van der Waals surface area contributed by atoms with Gasteiger partial charge in [0.15, 0.2) is 0 Å². The SMILES string of the molecule is O=C(O)c1cccc([N+](=O)[O-])c1NC1CCCCC1. The zero-order chi connectivity index (χ0) is 13.8. The van der Waals surface area contributed by atoms with Gasteiger partial charge in [0, 0.05) is 12.1 Å². The highest BCUT2D eigenvalue weighted by molar-refractivity contribution is 5.96. The maximum Gasteiger partial charge on any atom is 0.338 e. The minimum Gasteiger partial charge on any atom is -0.478 e. The number of aromatic carboxylic acids is 1. The van der Waals surface area contributed by atoms with Gasteiger partial charge in [-0.3, -0.25) is 10.1 Å². The van der Waals surface area contributed by atoms with Crippen LogP contribution in [-0.2, 0) is 0 Å². The Labute approximate surface area is 110 Å². The van der Waals surface area contributed by atoms with Gasteiger partial charge in [0.2, 0.25) is 0 Å². The van der Waals surface area contributed by atoms with Gasteiger partial charge in [-0.2, -0.15) is 0 Å². The molecule has 1 aliphatic rings. The lowest BCUT2D eigenvalue weighted by Gasteiger charge is -2.24. The van der Waals surface area contributed by atoms with Gasteiger partial charge in [0.05, 0.1) is 10.5 Å². The standard InChI is InChI=1S/C13H16N2O4/c16-13(17)10-7-4-8-11(15(18)19)12(10)14-9-5-2-1-3-6-9/h4,7-9,14H,1-3,5-6H2,(H,16,17). The van der Waals surface area contributed by atoms with Crippen molar-refractivity contribution in [2.75, 3.05) is 5.32 Å². The summed E-state index contributed by atoms with van der Waals surface area (Å²) in [5.41, 5.74) is -0.0860. The quantitative estimate of drug-likeness (QED) is 0.644. The second-order valence-electron chi connectivity index (χ2n) is 4.74. The molecule has 1 saturated carbocycles. The van der Waals surface area contributed by atoms with Crippen molar-refractivity contribution < 1.29 is 14.8 Å². The van der Waals surface area contributed by atoms with Gasteiger partial charge in [-0.25, -0.2) is 4.79 Å². The lowest BCUT2D eigenvalue weighted by molar-refractivity contribution is -0.384. The van der Waals surface area contributed by atoms with Crippen LogP contribution in [0.3, 0.4) is 0 Å². The molecule has 19 heavy (non-hydrogen) atoms. The monoisotopic (exact) mass is 264 g/mol. The molecule has 0 spiro atoms. The first-order chi connectivity index (χ1) is 9.09. The molecule has 102 valence electrons. The third-order valence-electron chi connectivity index (χ3n) is 3.42. The maximum atomic E-state index is 11.2. The van der Waals surface area contributed by atoms with E-state index in [9.17, 15) is 14.9 Å². The number of nitro groups is 1. The van der Waals surface area contributed by atoms with E-state index in [2.05, 4.69) is 5.32 Å². The van der Waals surface area contributed by atoms with Gasteiger partial charge in [-0.15, -0.1) is 0 Å². The third kappa shape index (κ3) is 3.01. The number of nitrogens with one attached hydrogen (secondary N) is 1. The highest BCUT2D eigenvalue weighted by Crippen LogP contribution is 2.31. The van der Waals surface area contributed by atoms with Gasteiger partial charge in [0.25, 0.3) is 5.69 Å². The maximum absolute atomic E-state index is 11.2. The van der Waals surface area contributed by atoms with Crippen LogP contribution in [-0.4, -0.2) is 22.0 Å². The Morgan fingerprint density at radius 1 is 1.32 bits per heavy atom. The summed E-state index contributed by atoms with van der Waals surface area (Å²) in [6.07, 6.45) is 5.15. The van der Waals surface area contributed by atoms with Crippen LogP contribution in [0.4, 0.5) is 11.4 Å². The molecule has 1 aromatic rings. The smallest absolute Gasteiger partial charge is 0.338 e. The number of rotatable bonds is 4. The molecule has 0 heterocycles. The summed E-state index contributed by atoms with van der Waals surface area (Å²) in [4.78, 5) is 21.6. The van der Waals surface area contributed by atoms with Crippen LogP contribution < -0.4 is 5.32 Å². The number of hydrogen-bond acceptors (Lipinski definition) is 4. The van der Waals surface area contributed by atoms with E-state index in [-0.39, 0.29) is 23.0 Å². The van der Waals surface area contributed by atoms with Crippen molar-refractivity contribution >= 4 is 17.3 Å². The highest BCUT2D eigenvalue weighted by atomic mass is 16.6. The second-order valence-corrected chi connectivity index (χ2v) is 4.74. The Morgan fingerprint density at radius 2 is 2.00 bits per heavy atom. The van der Waals surface area contributed by atoms with Crippen molar-refractivity contribution in [2.45, 2.75) is 38.1 Å². The van der Waals surface area contributed by atoms with Crippen LogP contribution in [0, 0.1) is 10.1 Å². The third-order valence-corrected chi connectivity index (χ3v) is 3.42. The molecule has 0 unspecified atom stereocenters. The summed E-state index contributed by atoms with van der Waals surface area (Å²) in [6.45, 7) is 0. The molecule has 6 heteroatoms. The van der Waals surface area contributed by atoms with E-state index in [4.69, 9.17) is 5.11 Å². The molecule has 1 aromatic carbocycles. The lowest BCUT2D eigenvalue weighted by Crippen LogP contribution is -2.24. The number of benzene rings is 1. The first-order valence-electron chi connectivity index (χ1n) is 6.37. The van der Waals surface area contributed by atoms with E-state index in [0.29, 0.717) is 0 Å². The molecule has 0 aromatic heterocycles. The summed E-state index contributed by atoms with van der Waals surface area (Å²) in [5, 5.41) is 23.2. The summed E-state index contributed by atoms with van der Waals surface area (Å²) in [5.74, 6) is -1.15. The van der Waals surface area contributed by atoms with Crippen molar-refractivity contribution in [3.05, 3.63) is 33.9 Å². The predicted octanol–water partition coefficient (Wildman–Crippen LogP) is 3.04. The Balaban J connectivity index is 2.34. The van der Waals surface area contributed by atoms with E-state index in [1.165, 1.54) is 24.6 Å². The fourth-order valence-corrected chi connectivity index (χ4v) is 2.47. The largest absolute Gasteiger partial charge is 0.478 e. The molecule has 6 nitrogen and oxygen atoms in total. The second kappa shape index (κ2) is 5.69. The Bertz CT molecular complexity index is 463. The number of nitro benzene ring substituents is 1. The van der Waals surface area contributed by atoms with Crippen molar-refractivity contribution in [3.63, 3.8) is 0 Å². The summed E-state index contributed by atoms with van der Waals surface area (Å²) in [6, 6.07) is 4.24. The molecule has 1 fully saturated rings. The first kappa shape index (κ1) is 13.3. The van der Waals surface area contributed by atoms with Gasteiger partial charge >= 0.3 is 5.97 Å². The van der Waals surface area contributed by atoms with E-state index >= 15 is 0 Å². The van der Waals surface area contributed by atoms with Gasteiger partial charge in [-0.05, 0) is 18.9 Å². The summed E-state index contributed by atoms with van der Waals surface area (Å²) < 4.78 is 0. The number of hydrogen-bond donors (Lipinski definition) is 2. The van der Waals surface area contributed by atoms with Crippen molar-refractivity contribution in [1.29, 1.82) is 0 Å². The fourth-order valence-electron chi connectivity index (χ4n) is 2.47. The number of nitrogens with zero attached hydrogens (tertiary/aromatic N) is 1.